The van der Waals surface area contributed by atoms with E-state index in [-0.39, 0.29) is 35.1 Å². The Morgan fingerprint density at radius 2 is 1.68 bits per heavy atom. The van der Waals surface area contributed by atoms with Crippen LogP contribution in [0.4, 0.5) is 5.69 Å². The molecular formula is C14H11N2NaO2. The molecule has 0 aliphatic carbocycles. The third-order valence-electron chi connectivity index (χ3n) is 2.35. The minimum Gasteiger partial charge on any atom is -0.545 e. The maximum Gasteiger partial charge on any atom is 1.00 e. The quantitative estimate of drug-likeness (QED) is 0.414. The predicted octanol–water partition coefficient (Wildman–Crippen LogP) is -1.50. The van der Waals surface area contributed by atoms with Crippen molar-refractivity contribution >= 4 is 17.9 Å². The SMILES string of the molecule is O=C([O-])c1ccccc1N/N=C\c1ccccc1.[Na+]. The van der Waals surface area contributed by atoms with Crippen molar-refractivity contribution in [1.82, 2.24) is 0 Å². The molecule has 0 aliphatic heterocycles. The van der Waals surface area contributed by atoms with Gasteiger partial charge in [0.05, 0.1) is 17.9 Å². The number of aromatic carboxylic acids is 1. The van der Waals surface area contributed by atoms with Crippen LogP contribution in [0.1, 0.15) is 15.9 Å². The summed E-state index contributed by atoms with van der Waals surface area (Å²) in [7, 11) is 0. The van der Waals surface area contributed by atoms with Crippen LogP contribution < -0.4 is 40.1 Å². The number of carbonyl (C=O) groups is 1. The van der Waals surface area contributed by atoms with Gasteiger partial charge in [-0.15, -0.1) is 0 Å². The third-order valence-corrected chi connectivity index (χ3v) is 2.35. The minimum atomic E-state index is -1.23. The van der Waals surface area contributed by atoms with Gasteiger partial charge in [-0.05, 0) is 11.6 Å². The van der Waals surface area contributed by atoms with E-state index in [1.807, 2.05) is 30.3 Å². The monoisotopic (exact) mass is 262 g/mol. The fraction of sp³-hybridized carbons (Fsp3) is 0. The van der Waals surface area contributed by atoms with Crippen molar-refractivity contribution in [2.75, 3.05) is 5.43 Å². The number of hydrazone groups is 1. The molecule has 0 radical (unpaired) electrons. The number of para-hydroxylation sites is 1. The Labute approximate surface area is 133 Å². The van der Waals surface area contributed by atoms with Crippen LogP contribution in [0.5, 0.6) is 0 Å². The largest absolute Gasteiger partial charge is 1.00 e. The van der Waals surface area contributed by atoms with E-state index in [0.29, 0.717) is 5.69 Å². The van der Waals surface area contributed by atoms with Crippen molar-refractivity contribution in [2.45, 2.75) is 0 Å². The average molecular weight is 262 g/mol. The number of nitrogens with one attached hydrogen (secondary N) is 1. The maximum absolute atomic E-state index is 10.9. The second-order valence-corrected chi connectivity index (χ2v) is 3.61. The van der Waals surface area contributed by atoms with Crippen LogP contribution >= 0.6 is 0 Å². The average Bonchev–Trinajstić information content (AvgIpc) is 2.40. The molecule has 2 rings (SSSR count). The number of carboxylic acids is 1. The zero-order chi connectivity index (χ0) is 12.8. The Hall–Kier alpha value is -1.62. The van der Waals surface area contributed by atoms with Gasteiger partial charge in [0.1, 0.15) is 0 Å². The van der Waals surface area contributed by atoms with E-state index < -0.39 is 5.97 Å². The van der Waals surface area contributed by atoms with E-state index in [4.69, 9.17) is 0 Å². The van der Waals surface area contributed by atoms with Crippen LogP contribution in [0.3, 0.4) is 0 Å². The molecule has 0 bridgehead atoms. The summed E-state index contributed by atoms with van der Waals surface area (Å²) in [6.45, 7) is 0. The molecule has 0 heterocycles. The molecule has 0 atom stereocenters. The van der Waals surface area contributed by atoms with Gasteiger partial charge < -0.3 is 9.90 Å². The molecule has 0 aromatic heterocycles. The Bertz CT molecular complexity index is 571. The van der Waals surface area contributed by atoms with E-state index in [2.05, 4.69) is 10.5 Å². The summed E-state index contributed by atoms with van der Waals surface area (Å²) in [5, 5.41) is 14.8. The molecule has 0 fully saturated rings. The second-order valence-electron chi connectivity index (χ2n) is 3.61. The number of hydrogen-bond acceptors (Lipinski definition) is 4. The van der Waals surface area contributed by atoms with Gasteiger partial charge >= 0.3 is 29.6 Å². The van der Waals surface area contributed by atoms with Gasteiger partial charge in [0.25, 0.3) is 0 Å². The summed E-state index contributed by atoms with van der Waals surface area (Å²) in [5.41, 5.74) is 4.11. The van der Waals surface area contributed by atoms with Gasteiger partial charge in [-0.1, -0.05) is 48.5 Å². The molecule has 0 unspecified atom stereocenters. The number of nitrogens with zero attached hydrogens (tertiary/aromatic N) is 1. The topological polar surface area (TPSA) is 64.5 Å². The van der Waals surface area contributed by atoms with Gasteiger partial charge in [-0.2, -0.15) is 5.10 Å². The molecule has 0 amide bonds. The summed E-state index contributed by atoms with van der Waals surface area (Å²) in [5.74, 6) is -1.23. The van der Waals surface area contributed by atoms with Crippen molar-refractivity contribution in [2.24, 2.45) is 5.10 Å². The zero-order valence-electron chi connectivity index (χ0n) is 10.5. The number of hydrogen-bond donors (Lipinski definition) is 1. The molecule has 4 nitrogen and oxygen atoms in total. The summed E-state index contributed by atoms with van der Waals surface area (Å²) in [6, 6.07) is 16.0. The van der Waals surface area contributed by atoms with Crippen molar-refractivity contribution in [1.29, 1.82) is 0 Å². The van der Waals surface area contributed by atoms with Gasteiger partial charge in [0, 0.05) is 5.56 Å². The Morgan fingerprint density at radius 3 is 2.37 bits per heavy atom. The zero-order valence-corrected chi connectivity index (χ0v) is 12.5. The molecule has 2 aromatic rings. The van der Waals surface area contributed by atoms with Crippen molar-refractivity contribution in [3.63, 3.8) is 0 Å². The van der Waals surface area contributed by atoms with Gasteiger partial charge in [0.15, 0.2) is 0 Å². The molecule has 2 aromatic carbocycles. The summed E-state index contributed by atoms with van der Waals surface area (Å²) in [6.07, 6.45) is 1.62. The molecule has 5 heteroatoms. The Balaban J connectivity index is 0.00000180. The first-order chi connectivity index (χ1) is 8.77. The molecule has 1 N–H and O–H groups in total. The molecule has 0 saturated heterocycles. The van der Waals surface area contributed by atoms with Crippen LogP contribution in [0.15, 0.2) is 59.7 Å². The third kappa shape index (κ3) is 4.52. The van der Waals surface area contributed by atoms with E-state index in [9.17, 15) is 9.90 Å². The molecule has 0 aliphatic rings. The minimum absolute atomic E-state index is 0. The standard InChI is InChI=1S/C14H12N2O2.Na/c17-14(18)12-8-4-5-9-13(12)16-15-10-11-6-2-1-3-7-11;/h1-10,16H,(H,17,18);/q;+1/p-1/b15-10-;. The van der Waals surface area contributed by atoms with E-state index in [0.717, 1.165) is 5.56 Å². The first-order valence-electron chi connectivity index (χ1n) is 5.42. The predicted molar refractivity (Wildman–Crippen MR) is 68.4 cm³/mol. The van der Waals surface area contributed by atoms with Crippen molar-refractivity contribution < 1.29 is 39.5 Å². The van der Waals surface area contributed by atoms with E-state index >= 15 is 0 Å². The smallest absolute Gasteiger partial charge is 0.545 e. The van der Waals surface area contributed by atoms with Crippen LogP contribution in [-0.2, 0) is 0 Å². The fourth-order valence-corrected chi connectivity index (χ4v) is 1.47. The van der Waals surface area contributed by atoms with Crippen LogP contribution in [0.2, 0.25) is 0 Å². The normalized spacial score (nSPS) is 9.89. The van der Waals surface area contributed by atoms with E-state index in [1.54, 1.807) is 24.4 Å². The van der Waals surface area contributed by atoms with Gasteiger partial charge in [-0.3, -0.25) is 5.43 Å². The first-order valence-corrected chi connectivity index (χ1v) is 5.42. The molecular weight excluding hydrogens is 251 g/mol. The van der Waals surface area contributed by atoms with Gasteiger partial charge in [-0.25, -0.2) is 0 Å². The van der Waals surface area contributed by atoms with Crippen LogP contribution in [0.25, 0.3) is 0 Å². The number of benzene rings is 2. The Morgan fingerprint density at radius 1 is 1.05 bits per heavy atom. The van der Waals surface area contributed by atoms with Gasteiger partial charge in [0.2, 0.25) is 0 Å². The van der Waals surface area contributed by atoms with Crippen molar-refractivity contribution in [3.05, 3.63) is 65.7 Å². The summed E-state index contributed by atoms with van der Waals surface area (Å²) >= 11 is 0. The molecule has 0 spiro atoms. The number of carbonyl (C=O) groups excluding carboxylic acids is 1. The number of carboxylic acid groups (broad SMARTS) is 1. The maximum atomic E-state index is 10.9. The second kappa shape index (κ2) is 7.74. The number of rotatable bonds is 4. The molecule has 90 valence electrons. The fourth-order valence-electron chi connectivity index (χ4n) is 1.47. The number of anilines is 1. The van der Waals surface area contributed by atoms with Crippen molar-refractivity contribution in [3.8, 4) is 0 Å². The van der Waals surface area contributed by atoms with Crippen LogP contribution in [-0.4, -0.2) is 12.2 Å². The summed E-state index contributed by atoms with van der Waals surface area (Å²) < 4.78 is 0. The Kier molecular flexibility index (Phi) is 6.29. The van der Waals surface area contributed by atoms with Crippen LogP contribution in [0, 0.1) is 0 Å². The molecule has 19 heavy (non-hydrogen) atoms. The molecule has 0 saturated carbocycles. The first kappa shape index (κ1) is 15.4. The summed E-state index contributed by atoms with van der Waals surface area (Å²) in [4.78, 5) is 10.9. The van der Waals surface area contributed by atoms with E-state index in [1.165, 1.54) is 6.07 Å².